The summed E-state index contributed by atoms with van der Waals surface area (Å²) in [5.41, 5.74) is 0.667. The summed E-state index contributed by atoms with van der Waals surface area (Å²) >= 11 is 1.21. The molecule has 1 heterocycles. The molecular formula is C21H24N4O4S2. The van der Waals surface area contributed by atoms with Gasteiger partial charge in [-0.05, 0) is 50.2 Å². The maximum Gasteiger partial charge on any atom is 0.234 e. The summed E-state index contributed by atoms with van der Waals surface area (Å²) in [5, 5.41) is 11.5. The molecule has 1 N–H and O–H groups in total. The summed E-state index contributed by atoms with van der Waals surface area (Å²) in [6, 6.07) is 15.4. The zero-order chi connectivity index (χ0) is 22.3. The molecule has 0 unspecified atom stereocenters. The number of nitrogens with one attached hydrogen (secondary N) is 1. The van der Waals surface area contributed by atoms with Gasteiger partial charge in [-0.25, -0.2) is 8.42 Å². The van der Waals surface area contributed by atoms with E-state index in [-0.39, 0.29) is 22.3 Å². The third-order valence-corrected chi connectivity index (χ3v) is 6.91. The molecule has 0 atom stereocenters. The number of aromatic nitrogens is 3. The number of hydrogen-bond donors (Lipinski definition) is 1. The lowest BCUT2D eigenvalue weighted by Crippen LogP contribution is -2.15. The van der Waals surface area contributed by atoms with Crippen LogP contribution in [0.2, 0.25) is 0 Å². The van der Waals surface area contributed by atoms with Crippen molar-refractivity contribution < 1.29 is 17.9 Å². The van der Waals surface area contributed by atoms with E-state index in [0.717, 1.165) is 5.75 Å². The first-order chi connectivity index (χ1) is 14.9. The highest BCUT2D eigenvalue weighted by Gasteiger charge is 2.21. The van der Waals surface area contributed by atoms with Crippen molar-refractivity contribution >= 4 is 33.2 Å². The number of carbonyl (C=O) groups is 1. The molecule has 31 heavy (non-hydrogen) atoms. The van der Waals surface area contributed by atoms with Crippen LogP contribution in [0, 0.1) is 0 Å². The summed E-state index contributed by atoms with van der Waals surface area (Å²) in [6.45, 7) is 4.86. The molecular weight excluding hydrogens is 436 g/mol. The van der Waals surface area contributed by atoms with Gasteiger partial charge < -0.3 is 14.6 Å². The Morgan fingerprint density at radius 2 is 1.77 bits per heavy atom. The Balaban J connectivity index is 1.62. The summed E-state index contributed by atoms with van der Waals surface area (Å²) in [6.07, 6.45) is 0. The molecule has 0 spiro atoms. The van der Waals surface area contributed by atoms with Crippen molar-refractivity contribution in [2.24, 2.45) is 0 Å². The van der Waals surface area contributed by atoms with Gasteiger partial charge in [-0.2, -0.15) is 0 Å². The fraction of sp³-hybridized carbons (Fsp3) is 0.286. The number of hydrogen-bond acceptors (Lipinski definition) is 7. The second-order valence-electron chi connectivity index (χ2n) is 6.51. The van der Waals surface area contributed by atoms with Gasteiger partial charge in [0.1, 0.15) is 17.3 Å². The van der Waals surface area contributed by atoms with E-state index in [4.69, 9.17) is 4.74 Å². The topological polar surface area (TPSA) is 103 Å². The van der Waals surface area contributed by atoms with Gasteiger partial charge in [-0.3, -0.25) is 4.79 Å². The van der Waals surface area contributed by atoms with Crippen LogP contribution < -0.4 is 10.1 Å². The number of thioether (sulfide) groups is 1. The average molecular weight is 461 g/mol. The molecule has 1 aromatic heterocycles. The predicted octanol–water partition coefficient (Wildman–Crippen LogP) is 3.40. The van der Waals surface area contributed by atoms with Crippen molar-refractivity contribution in [1.82, 2.24) is 14.8 Å². The first kappa shape index (κ1) is 22.8. The van der Waals surface area contributed by atoms with Crippen molar-refractivity contribution in [3.05, 3.63) is 60.4 Å². The Hall–Kier alpha value is -2.85. The van der Waals surface area contributed by atoms with Gasteiger partial charge in [0.25, 0.3) is 0 Å². The third kappa shape index (κ3) is 6.08. The second-order valence-corrected chi connectivity index (χ2v) is 9.44. The van der Waals surface area contributed by atoms with Gasteiger partial charge in [-0.1, -0.05) is 30.0 Å². The van der Waals surface area contributed by atoms with E-state index in [1.54, 1.807) is 59.2 Å². The number of carbonyl (C=O) groups excluding carboxylic acids is 1. The predicted molar refractivity (Wildman–Crippen MR) is 120 cm³/mol. The van der Waals surface area contributed by atoms with E-state index in [1.807, 2.05) is 13.8 Å². The van der Waals surface area contributed by atoms with Gasteiger partial charge in [0, 0.05) is 12.2 Å². The lowest BCUT2D eigenvalue weighted by atomic mass is 10.3. The molecule has 0 bridgehead atoms. The zero-order valence-electron chi connectivity index (χ0n) is 17.3. The molecule has 0 aliphatic heterocycles. The molecule has 164 valence electrons. The molecule has 0 radical (unpaired) electrons. The van der Waals surface area contributed by atoms with Crippen LogP contribution in [0.25, 0.3) is 0 Å². The fourth-order valence-electron chi connectivity index (χ4n) is 2.86. The van der Waals surface area contributed by atoms with Crippen molar-refractivity contribution in [2.75, 3.05) is 17.7 Å². The molecule has 0 fully saturated rings. The van der Waals surface area contributed by atoms with Gasteiger partial charge in [0.05, 0.1) is 17.3 Å². The molecule has 0 saturated heterocycles. The fourth-order valence-corrected chi connectivity index (χ4v) is 4.97. The first-order valence-electron chi connectivity index (χ1n) is 9.78. The number of benzene rings is 2. The molecule has 10 heteroatoms. The van der Waals surface area contributed by atoms with Crippen LogP contribution in [-0.4, -0.2) is 41.4 Å². The monoisotopic (exact) mass is 460 g/mol. The number of nitrogens with zero attached hydrogens (tertiary/aromatic N) is 3. The highest BCUT2D eigenvalue weighted by Crippen LogP contribution is 2.21. The molecule has 1 amide bonds. The summed E-state index contributed by atoms with van der Waals surface area (Å²) in [5.74, 6) is 0.760. The zero-order valence-corrected chi connectivity index (χ0v) is 18.9. The Bertz CT molecular complexity index is 1110. The number of sulfone groups is 1. The maximum absolute atomic E-state index is 12.7. The van der Waals surface area contributed by atoms with Gasteiger partial charge in [0.15, 0.2) is 15.0 Å². The largest absolute Gasteiger partial charge is 0.494 e. The van der Waals surface area contributed by atoms with Crippen LogP contribution in [0.3, 0.4) is 0 Å². The van der Waals surface area contributed by atoms with Crippen molar-refractivity contribution in [1.29, 1.82) is 0 Å². The Kier molecular flexibility index (Phi) is 7.69. The van der Waals surface area contributed by atoms with Crippen LogP contribution in [-0.2, 0) is 26.9 Å². The Morgan fingerprint density at radius 1 is 1.06 bits per heavy atom. The smallest absolute Gasteiger partial charge is 0.234 e. The lowest BCUT2D eigenvalue weighted by Gasteiger charge is -2.09. The highest BCUT2D eigenvalue weighted by atomic mass is 32.2. The average Bonchev–Trinajstić information content (AvgIpc) is 3.15. The third-order valence-electron chi connectivity index (χ3n) is 4.31. The molecule has 0 aliphatic carbocycles. The number of rotatable bonds is 10. The summed E-state index contributed by atoms with van der Waals surface area (Å²) in [4.78, 5) is 12.5. The molecule has 0 aliphatic rings. The van der Waals surface area contributed by atoms with E-state index in [2.05, 4.69) is 15.5 Å². The first-order valence-corrected chi connectivity index (χ1v) is 12.4. The summed E-state index contributed by atoms with van der Waals surface area (Å²) in [7, 11) is -3.53. The molecule has 3 aromatic rings. The Labute approximate surface area is 186 Å². The maximum atomic E-state index is 12.7. The van der Waals surface area contributed by atoms with Crippen molar-refractivity contribution in [2.45, 2.75) is 36.2 Å². The Morgan fingerprint density at radius 3 is 2.42 bits per heavy atom. The van der Waals surface area contributed by atoms with Crippen molar-refractivity contribution in [3.8, 4) is 5.75 Å². The summed E-state index contributed by atoms with van der Waals surface area (Å²) < 4.78 is 32.4. The van der Waals surface area contributed by atoms with Crippen LogP contribution in [0.4, 0.5) is 5.69 Å². The quantitative estimate of drug-likeness (QED) is 0.463. The molecule has 8 nitrogen and oxygen atoms in total. The lowest BCUT2D eigenvalue weighted by molar-refractivity contribution is -0.113. The van der Waals surface area contributed by atoms with Gasteiger partial charge in [0.2, 0.25) is 5.91 Å². The van der Waals surface area contributed by atoms with E-state index in [0.29, 0.717) is 29.8 Å². The van der Waals surface area contributed by atoms with Crippen LogP contribution in [0.5, 0.6) is 5.75 Å². The van der Waals surface area contributed by atoms with Gasteiger partial charge >= 0.3 is 0 Å². The van der Waals surface area contributed by atoms with E-state index in [1.165, 1.54) is 11.8 Å². The van der Waals surface area contributed by atoms with Gasteiger partial charge in [-0.15, -0.1) is 10.2 Å². The van der Waals surface area contributed by atoms with Crippen LogP contribution in [0.1, 0.15) is 19.7 Å². The molecule has 2 aromatic carbocycles. The number of ether oxygens (including phenoxy) is 1. The molecule has 3 rings (SSSR count). The highest BCUT2D eigenvalue weighted by molar-refractivity contribution is 7.99. The second kappa shape index (κ2) is 10.5. The number of anilines is 1. The van der Waals surface area contributed by atoms with Crippen molar-refractivity contribution in [3.63, 3.8) is 0 Å². The van der Waals surface area contributed by atoms with Crippen LogP contribution in [0.15, 0.2) is 64.6 Å². The molecule has 0 saturated carbocycles. The standard InChI is InChI=1S/C21H24N4O4S2/c1-3-25-19(15-31(27,28)18-8-6-5-7-9-18)23-24-21(25)30-14-20(26)22-16-10-12-17(13-11-16)29-4-2/h5-13H,3-4,14-15H2,1-2H3,(H,22,26). The minimum absolute atomic E-state index is 0.122. The normalized spacial score (nSPS) is 11.3. The van der Waals surface area contributed by atoms with E-state index >= 15 is 0 Å². The SMILES string of the molecule is CCOc1ccc(NC(=O)CSc2nnc(CS(=O)(=O)c3ccccc3)n2CC)cc1. The number of amides is 1. The minimum atomic E-state index is -3.53. The van der Waals surface area contributed by atoms with E-state index < -0.39 is 9.84 Å². The van der Waals surface area contributed by atoms with E-state index in [9.17, 15) is 13.2 Å². The minimum Gasteiger partial charge on any atom is -0.494 e. The van der Waals surface area contributed by atoms with Crippen LogP contribution >= 0.6 is 11.8 Å².